The molecule has 2 heterocycles. The van der Waals surface area contributed by atoms with E-state index in [1.54, 1.807) is 0 Å². The minimum Gasteiger partial charge on any atom is -0.480 e. The third kappa shape index (κ3) is 15.3. The summed E-state index contributed by atoms with van der Waals surface area (Å²) in [6.45, 7) is -1.52. The quantitative estimate of drug-likeness (QED) is 0.0340. The van der Waals surface area contributed by atoms with Gasteiger partial charge in [-0.2, -0.15) is 80.4 Å². The molecule has 12 N–H and O–H groups in total. The van der Waals surface area contributed by atoms with Crippen molar-refractivity contribution in [1.82, 2.24) is 29.9 Å². The number of anilines is 10. The number of carboxylic acids is 2. The number of benzene rings is 4. The summed E-state index contributed by atoms with van der Waals surface area (Å²) >= 11 is 0. The Morgan fingerprint density at radius 1 is 0.423 bits per heavy atom. The largest absolute Gasteiger partial charge is 0.480 e. The number of hydrogen-bond acceptors (Lipinski definition) is 26. The molecular weight excluding hydrogens is 1170 g/mol. The third-order valence-electron chi connectivity index (χ3n) is 9.76. The Kier molecular flexibility index (Phi) is 16.7. The number of hydrogen-bond donors (Lipinski definition) is 12. The van der Waals surface area contributed by atoms with Gasteiger partial charge in [-0.1, -0.05) is 24.3 Å². The van der Waals surface area contributed by atoms with Gasteiger partial charge in [0.15, 0.2) is 0 Å². The molecule has 6 rings (SSSR count). The number of aromatic nitrogens is 6. The van der Waals surface area contributed by atoms with E-state index in [2.05, 4.69) is 51.2 Å². The molecule has 0 radical (unpaired) electrons. The van der Waals surface area contributed by atoms with E-state index in [0.717, 1.165) is 58.4 Å². The normalized spacial score (nSPS) is 12.5. The molecule has 416 valence electrons. The summed E-state index contributed by atoms with van der Waals surface area (Å²) in [5, 5.41) is 28.6. The maximum atomic E-state index is 12.8. The van der Waals surface area contributed by atoms with Gasteiger partial charge in [-0.3, -0.25) is 36.9 Å². The Morgan fingerprint density at radius 3 is 1.01 bits per heavy atom. The van der Waals surface area contributed by atoms with E-state index in [4.69, 9.17) is 0 Å². The Balaban J connectivity index is 1.36. The number of nitrogens with one attached hydrogen (secondary N) is 4. The fraction of sp³-hybridized carbons (Fsp3) is 0.105. The Hall–Kier alpha value is -8.16. The van der Waals surface area contributed by atoms with E-state index >= 15 is 0 Å². The van der Waals surface area contributed by atoms with Gasteiger partial charge in [0, 0.05) is 25.5 Å². The lowest BCUT2D eigenvalue weighted by molar-refractivity contribution is -0.136. The molecule has 6 aromatic rings. The Bertz CT molecular complexity index is 3910. The van der Waals surface area contributed by atoms with E-state index in [9.17, 15) is 97.6 Å². The van der Waals surface area contributed by atoms with Gasteiger partial charge in [-0.05, 0) is 71.8 Å². The highest BCUT2D eigenvalue weighted by molar-refractivity contribution is 7.87. The van der Waals surface area contributed by atoms with E-state index in [0.29, 0.717) is 36.4 Å². The van der Waals surface area contributed by atoms with Crippen LogP contribution in [-0.2, 0) is 70.3 Å². The summed E-state index contributed by atoms with van der Waals surface area (Å²) in [7, 11) is -28.2. The van der Waals surface area contributed by atoms with Gasteiger partial charge in [0.2, 0.25) is 35.7 Å². The SMILES string of the molecule is CN(CC(=O)O)c1nc(Nc2ccc(/C=C/c3ccc(Nc4nc(Nc5cc(S(=O)(=O)O)ccc5S(=O)(=O)O)nc(N(C)CC(=O)O)n4)cc3S(=O)(=O)O)c(S(=O)(=O)O)c2)nc(Nc2cc(S(=O)(=O)O)ccc2S(=O)(=O)O)n1. The zero-order valence-electron chi connectivity index (χ0n) is 38.8. The lowest BCUT2D eigenvalue weighted by Crippen LogP contribution is -2.27. The maximum Gasteiger partial charge on any atom is 0.323 e. The van der Waals surface area contributed by atoms with Crippen LogP contribution in [0, 0.1) is 0 Å². The molecule has 34 nitrogen and oxygen atoms in total. The molecule has 0 fully saturated rings. The summed E-state index contributed by atoms with van der Waals surface area (Å²) < 4.78 is 206. The second-order valence-electron chi connectivity index (χ2n) is 15.6. The highest BCUT2D eigenvalue weighted by Gasteiger charge is 2.25. The van der Waals surface area contributed by atoms with E-state index in [1.807, 2.05) is 0 Å². The first-order valence-corrected chi connectivity index (χ1v) is 29.0. The molecule has 40 heteroatoms. The number of likely N-dealkylation sites (N-methyl/N-ethyl adjacent to an activating group) is 2. The number of aliphatic carboxylic acids is 2. The molecule has 0 spiro atoms. The van der Waals surface area contributed by atoms with Gasteiger partial charge >= 0.3 is 11.9 Å². The molecule has 0 aliphatic rings. The van der Waals surface area contributed by atoms with Crippen LogP contribution >= 0.6 is 0 Å². The van der Waals surface area contributed by atoms with Crippen LogP contribution in [0.4, 0.5) is 58.4 Å². The predicted octanol–water partition coefficient (Wildman–Crippen LogP) is 1.72. The standard InChI is InChI=1S/C38H36N12O22S6/c1-49(17-31(51)52)37-45-33(43-35(47-37)41-25-15-23(73(55,56)57)9-11-27(25)75(61,62)63)39-21-7-5-19(29(13-21)77(67,68)69)3-4-20-6-8-22(14-30(20)78(70,71)72)40-34-44-36(48-38(46-34)50(2)18-32(53)54)42-26-16-24(74(58,59)60)10-12-28(26)76(64,65)66/h3-16H,17-18H2,1-2H3,(H,51,52)(H,53,54)(H,55,56,57)(H,58,59,60)(H,61,62,63)(H,64,65,66)(H,67,68,69)(H,70,71,72)(H2,39,41,43,45,47)(H2,40,42,44,46,48)/b4-3+. The highest BCUT2D eigenvalue weighted by atomic mass is 32.2. The van der Waals surface area contributed by atoms with Gasteiger partial charge in [0.05, 0.1) is 21.2 Å². The van der Waals surface area contributed by atoms with Crippen molar-refractivity contribution in [1.29, 1.82) is 0 Å². The maximum absolute atomic E-state index is 12.8. The molecule has 2 aromatic heterocycles. The van der Waals surface area contributed by atoms with Crippen molar-refractivity contribution >= 4 is 143 Å². The topological polar surface area (TPSA) is 533 Å². The first-order chi connectivity index (χ1) is 35.8. The van der Waals surface area contributed by atoms with Crippen molar-refractivity contribution in [2.24, 2.45) is 0 Å². The first kappa shape index (κ1) is 59.1. The number of rotatable bonds is 22. The fourth-order valence-electron chi connectivity index (χ4n) is 6.45. The summed E-state index contributed by atoms with van der Waals surface area (Å²) in [5.74, 6) is -6.17. The van der Waals surface area contributed by atoms with Crippen molar-refractivity contribution < 1.29 is 97.6 Å². The average Bonchev–Trinajstić information content (AvgIpc) is 3.30. The van der Waals surface area contributed by atoms with Crippen molar-refractivity contribution in [3.63, 3.8) is 0 Å². The lowest BCUT2D eigenvalue weighted by atomic mass is 10.1. The van der Waals surface area contributed by atoms with E-state index < -0.39 is 162 Å². The molecule has 0 aliphatic heterocycles. The molecule has 0 atom stereocenters. The lowest BCUT2D eigenvalue weighted by Gasteiger charge is -2.18. The van der Waals surface area contributed by atoms with Crippen molar-refractivity contribution in [2.75, 3.05) is 58.3 Å². The van der Waals surface area contributed by atoms with Crippen LogP contribution in [0.25, 0.3) is 12.2 Å². The summed E-state index contributed by atoms with van der Waals surface area (Å²) in [4.78, 5) is 43.7. The summed E-state index contributed by atoms with van der Waals surface area (Å²) in [6.07, 6.45) is 1.96. The molecule has 0 unspecified atom stereocenters. The Morgan fingerprint density at radius 2 is 0.731 bits per heavy atom. The van der Waals surface area contributed by atoms with Crippen LogP contribution in [0.1, 0.15) is 11.1 Å². The zero-order chi connectivity index (χ0) is 58.1. The zero-order valence-corrected chi connectivity index (χ0v) is 43.7. The second kappa shape index (κ2) is 22.1. The van der Waals surface area contributed by atoms with Gasteiger partial charge in [-0.15, -0.1) is 0 Å². The molecule has 78 heavy (non-hydrogen) atoms. The van der Waals surface area contributed by atoms with E-state index in [-0.39, 0.29) is 22.5 Å². The number of carbonyl (C=O) groups is 2. The van der Waals surface area contributed by atoms with Crippen LogP contribution < -0.4 is 31.1 Å². The minimum absolute atomic E-state index is 0.246. The predicted molar refractivity (Wildman–Crippen MR) is 268 cm³/mol. The van der Waals surface area contributed by atoms with Crippen LogP contribution in [0.15, 0.2) is 102 Å². The summed E-state index contributed by atoms with van der Waals surface area (Å²) in [5.41, 5.74) is -2.62. The average molecular weight is 1210 g/mol. The van der Waals surface area contributed by atoms with Crippen LogP contribution in [-0.4, -0.2) is 157 Å². The van der Waals surface area contributed by atoms with Crippen molar-refractivity contribution in [2.45, 2.75) is 29.4 Å². The van der Waals surface area contributed by atoms with Gasteiger partial charge in [-0.25, -0.2) is 0 Å². The molecule has 0 bridgehead atoms. The number of carboxylic acid groups (broad SMARTS) is 2. The van der Waals surface area contributed by atoms with Gasteiger partial charge in [0.25, 0.3) is 60.7 Å². The molecular formula is C38H36N12O22S6. The highest BCUT2D eigenvalue weighted by Crippen LogP contribution is 2.32. The number of nitrogens with zero attached hydrogens (tertiary/aromatic N) is 8. The molecule has 4 aromatic carbocycles. The minimum atomic E-state index is -5.21. The molecule has 0 saturated carbocycles. The third-order valence-corrected chi connectivity index (χ3v) is 15.1. The van der Waals surface area contributed by atoms with Gasteiger partial charge < -0.3 is 41.3 Å². The molecule has 0 aliphatic carbocycles. The van der Waals surface area contributed by atoms with Crippen molar-refractivity contribution in [3.05, 3.63) is 83.9 Å². The second-order valence-corrected chi connectivity index (χ2v) is 24.0. The molecule has 0 saturated heterocycles. The van der Waals surface area contributed by atoms with Crippen LogP contribution in [0.2, 0.25) is 0 Å². The monoisotopic (exact) mass is 1200 g/mol. The van der Waals surface area contributed by atoms with Crippen molar-refractivity contribution in [3.8, 4) is 0 Å². The smallest absolute Gasteiger partial charge is 0.323 e. The van der Waals surface area contributed by atoms with Crippen LogP contribution in [0.3, 0.4) is 0 Å². The van der Waals surface area contributed by atoms with Gasteiger partial charge in [0.1, 0.15) is 32.7 Å². The summed E-state index contributed by atoms with van der Waals surface area (Å²) in [6, 6.07) is 9.72. The molecule has 0 amide bonds. The van der Waals surface area contributed by atoms with Crippen LogP contribution in [0.5, 0.6) is 0 Å². The fourth-order valence-corrected chi connectivity index (χ4v) is 10.1. The Labute approximate surface area is 440 Å². The van der Waals surface area contributed by atoms with E-state index in [1.165, 1.54) is 14.1 Å². The first-order valence-electron chi connectivity index (χ1n) is 20.4.